The Balaban J connectivity index is 1.48. The standard InChI is InChI=1S/C25H31ClN2O2S/c1-15-21(31-20-7-5-19(26)6-8-20)22(28(27-15)24(2,3)4)30-23(29)25-12-16-9-17(13-25)11-18(10-16)14-25/h5-8,16-18H,9-14H2,1-4H3. The molecule has 4 nitrogen and oxygen atoms in total. The number of carbonyl (C=O) groups excluding carboxylic acids is 1. The highest BCUT2D eigenvalue weighted by Gasteiger charge is 2.56. The minimum atomic E-state index is -0.294. The van der Waals surface area contributed by atoms with E-state index in [4.69, 9.17) is 21.4 Å². The van der Waals surface area contributed by atoms with E-state index >= 15 is 0 Å². The van der Waals surface area contributed by atoms with Crippen molar-refractivity contribution in [3.05, 3.63) is 35.0 Å². The molecule has 0 atom stereocenters. The number of aromatic nitrogens is 2. The van der Waals surface area contributed by atoms with E-state index in [9.17, 15) is 4.79 Å². The molecule has 166 valence electrons. The smallest absolute Gasteiger partial charge is 0.318 e. The Labute approximate surface area is 194 Å². The fourth-order valence-corrected chi connectivity index (χ4v) is 7.37. The van der Waals surface area contributed by atoms with Gasteiger partial charge in [-0.15, -0.1) is 0 Å². The van der Waals surface area contributed by atoms with Crippen LogP contribution in [0.3, 0.4) is 0 Å². The van der Waals surface area contributed by atoms with E-state index in [1.807, 2.05) is 35.9 Å². The minimum Gasteiger partial charge on any atom is -0.406 e. The fraction of sp³-hybridized carbons (Fsp3) is 0.600. The number of ether oxygens (including phenoxy) is 1. The van der Waals surface area contributed by atoms with Gasteiger partial charge in [-0.2, -0.15) is 5.10 Å². The Morgan fingerprint density at radius 1 is 1.10 bits per heavy atom. The molecular weight excluding hydrogens is 428 g/mol. The molecule has 1 aromatic heterocycles. The molecule has 0 saturated heterocycles. The maximum Gasteiger partial charge on any atom is 0.318 e. The molecule has 4 saturated carbocycles. The van der Waals surface area contributed by atoms with Gasteiger partial charge in [0.2, 0.25) is 5.88 Å². The predicted octanol–water partition coefficient (Wildman–Crippen LogP) is 6.87. The van der Waals surface area contributed by atoms with Crippen LogP contribution in [0.5, 0.6) is 5.88 Å². The third-order valence-corrected chi connectivity index (χ3v) is 8.73. The second-order valence-electron chi connectivity index (χ2n) is 10.9. The molecule has 0 N–H and O–H groups in total. The Bertz CT molecular complexity index is 970. The summed E-state index contributed by atoms with van der Waals surface area (Å²) < 4.78 is 8.21. The number of esters is 1. The van der Waals surface area contributed by atoms with Crippen LogP contribution < -0.4 is 4.74 Å². The molecule has 31 heavy (non-hydrogen) atoms. The first kappa shape index (κ1) is 21.4. The molecule has 1 heterocycles. The molecule has 0 radical (unpaired) electrons. The molecule has 2 aromatic rings. The van der Waals surface area contributed by atoms with Crippen molar-refractivity contribution in [2.75, 3.05) is 0 Å². The number of halogens is 1. The van der Waals surface area contributed by atoms with Gasteiger partial charge in [-0.3, -0.25) is 4.79 Å². The SMILES string of the molecule is Cc1nn(C(C)(C)C)c(OC(=O)C23CC4CC(CC(C4)C2)C3)c1Sc1ccc(Cl)cc1. The van der Waals surface area contributed by atoms with Crippen molar-refractivity contribution in [1.82, 2.24) is 9.78 Å². The van der Waals surface area contributed by atoms with E-state index in [0.717, 1.165) is 34.7 Å². The fourth-order valence-electron chi connectivity index (χ4n) is 6.33. The molecule has 0 aliphatic heterocycles. The van der Waals surface area contributed by atoms with Crippen molar-refractivity contribution in [1.29, 1.82) is 0 Å². The quantitative estimate of drug-likeness (QED) is 0.468. The summed E-state index contributed by atoms with van der Waals surface area (Å²) in [6.45, 7) is 8.28. The van der Waals surface area contributed by atoms with Crippen LogP contribution in [0.1, 0.15) is 65.0 Å². The highest BCUT2D eigenvalue weighted by Crippen LogP contribution is 2.60. The number of hydrogen-bond donors (Lipinski definition) is 0. The molecule has 6 rings (SSSR count). The minimum absolute atomic E-state index is 0.0324. The van der Waals surface area contributed by atoms with Gasteiger partial charge in [0.15, 0.2) is 0 Å². The van der Waals surface area contributed by atoms with Gasteiger partial charge in [0.1, 0.15) is 0 Å². The molecule has 4 fully saturated rings. The van der Waals surface area contributed by atoms with Crippen LogP contribution in [0.4, 0.5) is 0 Å². The Kier molecular flexibility index (Phi) is 5.21. The summed E-state index contributed by atoms with van der Waals surface area (Å²) in [5.41, 5.74) is 0.293. The monoisotopic (exact) mass is 458 g/mol. The normalized spacial score (nSPS) is 29.4. The molecule has 6 heteroatoms. The first-order valence-corrected chi connectivity index (χ1v) is 12.6. The van der Waals surface area contributed by atoms with Crippen LogP contribution in [0, 0.1) is 30.1 Å². The summed E-state index contributed by atoms with van der Waals surface area (Å²) in [7, 11) is 0. The Morgan fingerprint density at radius 3 is 2.16 bits per heavy atom. The first-order valence-electron chi connectivity index (χ1n) is 11.4. The van der Waals surface area contributed by atoms with E-state index in [2.05, 4.69) is 20.8 Å². The third-order valence-electron chi connectivity index (χ3n) is 7.29. The number of rotatable bonds is 4. The summed E-state index contributed by atoms with van der Waals surface area (Å²) in [6, 6.07) is 7.75. The van der Waals surface area contributed by atoms with Gasteiger partial charge < -0.3 is 4.74 Å². The average Bonchev–Trinajstić information content (AvgIpc) is 2.98. The van der Waals surface area contributed by atoms with E-state index < -0.39 is 0 Å². The van der Waals surface area contributed by atoms with Crippen LogP contribution in [-0.2, 0) is 10.3 Å². The number of carbonyl (C=O) groups is 1. The molecule has 1 aromatic carbocycles. The second kappa shape index (κ2) is 7.55. The van der Waals surface area contributed by atoms with E-state index in [1.165, 1.54) is 19.3 Å². The Hall–Kier alpha value is -1.46. The van der Waals surface area contributed by atoms with Crippen molar-refractivity contribution < 1.29 is 9.53 Å². The molecule has 0 unspecified atom stereocenters. The van der Waals surface area contributed by atoms with E-state index in [-0.39, 0.29) is 16.9 Å². The average molecular weight is 459 g/mol. The summed E-state index contributed by atoms with van der Waals surface area (Å²) in [6.07, 6.45) is 6.93. The van der Waals surface area contributed by atoms with Crippen LogP contribution in [0.15, 0.2) is 34.1 Å². The van der Waals surface area contributed by atoms with Crippen LogP contribution >= 0.6 is 23.4 Å². The number of benzene rings is 1. The second-order valence-corrected chi connectivity index (χ2v) is 12.5. The maximum atomic E-state index is 13.7. The van der Waals surface area contributed by atoms with Gasteiger partial charge in [-0.05, 0) is 108 Å². The molecule has 0 spiro atoms. The summed E-state index contributed by atoms with van der Waals surface area (Å²) in [4.78, 5) is 15.7. The molecule has 4 aliphatic carbocycles. The molecule has 0 amide bonds. The number of nitrogens with zero attached hydrogens (tertiary/aromatic N) is 2. The molecule has 4 aliphatic rings. The van der Waals surface area contributed by atoms with Crippen LogP contribution in [-0.4, -0.2) is 15.7 Å². The van der Waals surface area contributed by atoms with Gasteiger partial charge in [-0.25, -0.2) is 4.68 Å². The van der Waals surface area contributed by atoms with E-state index in [0.29, 0.717) is 28.7 Å². The zero-order valence-electron chi connectivity index (χ0n) is 18.8. The maximum absolute atomic E-state index is 13.7. The third kappa shape index (κ3) is 3.93. The first-order chi connectivity index (χ1) is 14.6. The van der Waals surface area contributed by atoms with Gasteiger partial charge >= 0.3 is 5.97 Å². The van der Waals surface area contributed by atoms with Gasteiger partial charge in [0, 0.05) is 9.92 Å². The topological polar surface area (TPSA) is 44.1 Å². The van der Waals surface area contributed by atoms with Crippen molar-refractivity contribution in [3.63, 3.8) is 0 Å². The Morgan fingerprint density at radius 2 is 1.65 bits per heavy atom. The van der Waals surface area contributed by atoms with Crippen LogP contribution in [0.2, 0.25) is 5.02 Å². The van der Waals surface area contributed by atoms with Gasteiger partial charge in [0.25, 0.3) is 0 Å². The molecule has 4 bridgehead atoms. The van der Waals surface area contributed by atoms with Gasteiger partial charge in [0.05, 0.1) is 21.5 Å². The lowest BCUT2D eigenvalue weighted by atomic mass is 9.49. The number of hydrogen-bond acceptors (Lipinski definition) is 4. The van der Waals surface area contributed by atoms with Crippen molar-refractivity contribution in [2.45, 2.75) is 81.5 Å². The van der Waals surface area contributed by atoms with Crippen LogP contribution in [0.25, 0.3) is 0 Å². The zero-order valence-corrected chi connectivity index (χ0v) is 20.4. The van der Waals surface area contributed by atoms with Crippen molar-refractivity contribution in [2.24, 2.45) is 23.2 Å². The zero-order chi connectivity index (χ0) is 22.0. The highest BCUT2D eigenvalue weighted by atomic mass is 35.5. The predicted molar refractivity (Wildman–Crippen MR) is 124 cm³/mol. The van der Waals surface area contributed by atoms with Crippen molar-refractivity contribution >= 4 is 29.3 Å². The highest BCUT2D eigenvalue weighted by molar-refractivity contribution is 7.99. The largest absolute Gasteiger partial charge is 0.406 e. The van der Waals surface area contributed by atoms with Crippen molar-refractivity contribution in [3.8, 4) is 5.88 Å². The summed E-state index contributed by atoms with van der Waals surface area (Å²) in [5.74, 6) is 2.67. The van der Waals surface area contributed by atoms with E-state index in [1.54, 1.807) is 11.8 Å². The molecular formula is C25H31ClN2O2S. The summed E-state index contributed by atoms with van der Waals surface area (Å²) >= 11 is 7.65. The lowest BCUT2D eigenvalue weighted by Crippen LogP contribution is -2.51. The number of aryl methyl sites for hydroxylation is 1. The lowest BCUT2D eigenvalue weighted by molar-refractivity contribution is -0.162. The lowest BCUT2D eigenvalue weighted by Gasteiger charge is -2.55. The summed E-state index contributed by atoms with van der Waals surface area (Å²) in [5, 5.41) is 5.50. The van der Waals surface area contributed by atoms with Gasteiger partial charge in [-0.1, -0.05) is 23.4 Å².